The molecule has 5 nitrogen and oxygen atoms in total. The van der Waals surface area contributed by atoms with Crippen molar-refractivity contribution in [3.63, 3.8) is 0 Å². The van der Waals surface area contributed by atoms with Crippen LogP contribution in [0.1, 0.15) is 49.7 Å². The molecular formula is C24H32N4OS. The van der Waals surface area contributed by atoms with E-state index in [2.05, 4.69) is 37.9 Å². The lowest BCUT2D eigenvalue weighted by Gasteiger charge is -2.20. The van der Waals surface area contributed by atoms with Crippen LogP contribution in [-0.2, 0) is 0 Å². The maximum atomic E-state index is 13.1. The lowest BCUT2D eigenvalue weighted by molar-refractivity contribution is 0.0929. The lowest BCUT2D eigenvalue weighted by Crippen LogP contribution is -2.34. The fourth-order valence-electron chi connectivity index (χ4n) is 3.50. The molecule has 0 bridgehead atoms. The van der Waals surface area contributed by atoms with E-state index in [0.29, 0.717) is 5.69 Å². The van der Waals surface area contributed by atoms with Crippen LogP contribution in [0, 0.1) is 6.92 Å². The van der Waals surface area contributed by atoms with Crippen molar-refractivity contribution in [1.82, 2.24) is 20.0 Å². The standard InChI is InChI=1S/C24H32N4OS/c1-5-27(6-2)15-7-9-19(4)25-24(29)22-17-21(23-10-8-16-30-23)26-28(22)20-13-11-18(3)12-14-20/h8,10-14,16-17,19H,5-7,9,15H2,1-4H3,(H,25,29). The molecule has 0 aliphatic carbocycles. The van der Waals surface area contributed by atoms with Crippen molar-refractivity contribution < 1.29 is 4.79 Å². The number of nitrogens with zero attached hydrogens (tertiary/aromatic N) is 3. The van der Waals surface area contributed by atoms with Gasteiger partial charge in [0.15, 0.2) is 0 Å². The van der Waals surface area contributed by atoms with Crippen LogP contribution in [0.4, 0.5) is 0 Å². The third kappa shape index (κ3) is 5.58. The van der Waals surface area contributed by atoms with Gasteiger partial charge in [-0.25, -0.2) is 4.68 Å². The Morgan fingerprint density at radius 3 is 2.57 bits per heavy atom. The number of amides is 1. The molecule has 1 amide bonds. The number of benzene rings is 1. The van der Waals surface area contributed by atoms with Crippen LogP contribution in [0.3, 0.4) is 0 Å². The molecule has 1 N–H and O–H groups in total. The second-order valence-electron chi connectivity index (χ2n) is 7.68. The van der Waals surface area contributed by atoms with Crippen LogP contribution in [0.5, 0.6) is 0 Å². The molecule has 2 heterocycles. The number of carbonyl (C=O) groups excluding carboxylic acids is 1. The summed E-state index contributed by atoms with van der Waals surface area (Å²) in [5, 5.41) is 9.94. The minimum absolute atomic E-state index is 0.0822. The Labute approximate surface area is 183 Å². The lowest BCUT2D eigenvalue weighted by atomic mass is 10.1. The Morgan fingerprint density at radius 1 is 1.20 bits per heavy atom. The fourth-order valence-corrected chi connectivity index (χ4v) is 4.18. The SMILES string of the molecule is CCN(CC)CCCC(C)NC(=O)c1cc(-c2cccs2)nn1-c1ccc(C)cc1. The highest BCUT2D eigenvalue weighted by atomic mass is 32.1. The molecule has 1 atom stereocenters. The van der Waals surface area contributed by atoms with E-state index >= 15 is 0 Å². The van der Waals surface area contributed by atoms with Crippen LogP contribution in [0.15, 0.2) is 47.8 Å². The fraction of sp³-hybridized carbons (Fsp3) is 0.417. The molecule has 0 saturated carbocycles. The predicted molar refractivity (Wildman–Crippen MR) is 126 cm³/mol. The number of aromatic nitrogens is 2. The maximum absolute atomic E-state index is 13.1. The van der Waals surface area contributed by atoms with Crippen LogP contribution in [0.2, 0.25) is 0 Å². The number of thiophene rings is 1. The zero-order valence-electron chi connectivity index (χ0n) is 18.4. The Hall–Kier alpha value is -2.44. The van der Waals surface area contributed by atoms with E-state index in [-0.39, 0.29) is 11.9 Å². The van der Waals surface area contributed by atoms with Crippen LogP contribution < -0.4 is 5.32 Å². The largest absolute Gasteiger partial charge is 0.348 e. The zero-order valence-corrected chi connectivity index (χ0v) is 19.2. The first-order valence-electron chi connectivity index (χ1n) is 10.8. The van der Waals surface area contributed by atoms with E-state index in [4.69, 9.17) is 5.10 Å². The second-order valence-corrected chi connectivity index (χ2v) is 8.63. The van der Waals surface area contributed by atoms with Crippen molar-refractivity contribution in [3.05, 3.63) is 59.1 Å². The van der Waals surface area contributed by atoms with Crippen LogP contribution in [-0.4, -0.2) is 46.3 Å². The van der Waals surface area contributed by atoms with Crippen molar-refractivity contribution in [3.8, 4) is 16.3 Å². The summed E-state index contributed by atoms with van der Waals surface area (Å²) in [5.41, 5.74) is 3.46. The number of nitrogens with one attached hydrogen (secondary N) is 1. The van der Waals surface area contributed by atoms with Gasteiger partial charge in [0.05, 0.1) is 10.6 Å². The van der Waals surface area contributed by atoms with Gasteiger partial charge in [0.1, 0.15) is 11.4 Å². The van der Waals surface area contributed by atoms with E-state index in [1.54, 1.807) is 16.0 Å². The predicted octanol–water partition coefficient (Wildman–Crippen LogP) is 5.15. The number of aryl methyl sites for hydroxylation is 1. The molecule has 1 unspecified atom stereocenters. The van der Waals surface area contributed by atoms with Gasteiger partial charge >= 0.3 is 0 Å². The summed E-state index contributed by atoms with van der Waals surface area (Å²) in [5.74, 6) is -0.0822. The molecule has 30 heavy (non-hydrogen) atoms. The molecular weight excluding hydrogens is 392 g/mol. The highest BCUT2D eigenvalue weighted by Crippen LogP contribution is 2.26. The highest BCUT2D eigenvalue weighted by molar-refractivity contribution is 7.13. The molecule has 160 valence electrons. The number of hydrogen-bond acceptors (Lipinski definition) is 4. The minimum Gasteiger partial charge on any atom is -0.348 e. The summed E-state index contributed by atoms with van der Waals surface area (Å²) in [7, 11) is 0. The van der Waals surface area contributed by atoms with Gasteiger partial charge < -0.3 is 10.2 Å². The van der Waals surface area contributed by atoms with E-state index in [1.807, 2.05) is 47.8 Å². The van der Waals surface area contributed by atoms with Gasteiger partial charge in [0.2, 0.25) is 0 Å². The van der Waals surface area contributed by atoms with Gasteiger partial charge in [-0.1, -0.05) is 37.6 Å². The number of rotatable bonds is 10. The van der Waals surface area contributed by atoms with Crippen LogP contribution in [0.25, 0.3) is 16.3 Å². The summed E-state index contributed by atoms with van der Waals surface area (Å²) in [6, 6.07) is 14.1. The molecule has 0 aliphatic heterocycles. The molecule has 1 aromatic carbocycles. The molecule has 0 aliphatic rings. The van der Waals surface area contributed by atoms with Gasteiger partial charge in [-0.3, -0.25) is 4.79 Å². The smallest absolute Gasteiger partial charge is 0.270 e. The molecule has 6 heteroatoms. The first-order chi connectivity index (χ1) is 14.5. The van der Waals surface area contributed by atoms with Crippen molar-refractivity contribution >= 4 is 17.2 Å². The third-order valence-electron chi connectivity index (χ3n) is 5.38. The van der Waals surface area contributed by atoms with Gasteiger partial charge in [0.25, 0.3) is 5.91 Å². The maximum Gasteiger partial charge on any atom is 0.270 e. The van der Waals surface area contributed by atoms with Crippen LogP contribution >= 0.6 is 11.3 Å². The average Bonchev–Trinajstić information content (AvgIpc) is 3.41. The minimum atomic E-state index is -0.0822. The monoisotopic (exact) mass is 424 g/mol. The molecule has 3 aromatic rings. The summed E-state index contributed by atoms with van der Waals surface area (Å²) >= 11 is 1.63. The Bertz CT molecular complexity index is 927. The highest BCUT2D eigenvalue weighted by Gasteiger charge is 2.19. The van der Waals surface area contributed by atoms with Gasteiger partial charge in [0, 0.05) is 6.04 Å². The molecule has 0 radical (unpaired) electrons. The Morgan fingerprint density at radius 2 is 1.93 bits per heavy atom. The quantitative estimate of drug-likeness (QED) is 0.490. The van der Waals surface area contributed by atoms with E-state index < -0.39 is 0 Å². The summed E-state index contributed by atoms with van der Waals surface area (Å²) < 4.78 is 1.76. The average molecular weight is 425 g/mol. The molecule has 2 aromatic heterocycles. The zero-order chi connectivity index (χ0) is 21.5. The van der Waals surface area contributed by atoms with Gasteiger partial charge in [-0.15, -0.1) is 11.3 Å². The summed E-state index contributed by atoms with van der Waals surface area (Å²) in [6.45, 7) is 11.7. The normalized spacial score (nSPS) is 12.3. The van der Waals surface area contributed by atoms with E-state index in [0.717, 1.165) is 48.7 Å². The number of carbonyl (C=O) groups is 1. The van der Waals surface area contributed by atoms with Gasteiger partial charge in [-0.05, 0) is 76.0 Å². The second kappa shape index (κ2) is 10.5. The van der Waals surface area contributed by atoms with E-state index in [1.165, 1.54) is 5.56 Å². The number of hydrogen-bond donors (Lipinski definition) is 1. The van der Waals surface area contributed by atoms with Crippen molar-refractivity contribution in [2.75, 3.05) is 19.6 Å². The van der Waals surface area contributed by atoms with Crippen molar-refractivity contribution in [2.24, 2.45) is 0 Å². The first kappa shape index (κ1) is 22.2. The van der Waals surface area contributed by atoms with Gasteiger partial charge in [-0.2, -0.15) is 5.10 Å². The molecule has 0 saturated heterocycles. The topological polar surface area (TPSA) is 50.2 Å². The summed E-state index contributed by atoms with van der Waals surface area (Å²) in [6.07, 6.45) is 2.03. The van der Waals surface area contributed by atoms with E-state index in [9.17, 15) is 4.79 Å². The third-order valence-corrected chi connectivity index (χ3v) is 6.27. The molecule has 3 rings (SSSR count). The first-order valence-corrected chi connectivity index (χ1v) is 11.6. The summed E-state index contributed by atoms with van der Waals surface area (Å²) in [4.78, 5) is 16.6. The molecule has 0 spiro atoms. The molecule has 0 fully saturated rings. The van der Waals surface area contributed by atoms with Crippen molar-refractivity contribution in [1.29, 1.82) is 0 Å². The Kier molecular flexibility index (Phi) is 7.82. The Balaban J connectivity index is 1.76. The van der Waals surface area contributed by atoms with Crippen molar-refractivity contribution in [2.45, 2.75) is 46.6 Å².